The summed E-state index contributed by atoms with van der Waals surface area (Å²) in [7, 11) is -3.66. The molecule has 0 radical (unpaired) electrons. The lowest BCUT2D eigenvalue weighted by Gasteiger charge is -2.28. The zero-order chi connectivity index (χ0) is 19.3. The molecule has 0 spiro atoms. The summed E-state index contributed by atoms with van der Waals surface area (Å²) >= 11 is 5.97. The molecule has 140 valence electrons. The van der Waals surface area contributed by atoms with Gasteiger partial charge >= 0.3 is 0 Å². The Bertz CT molecular complexity index is 856. The maximum atomic E-state index is 12.6. The van der Waals surface area contributed by atoms with Crippen molar-refractivity contribution < 1.29 is 13.2 Å². The molecule has 0 aliphatic rings. The number of sulfonamides is 1. The smallest absolute Gasteiger partial charge is 0.243 e. The van der Waals surface area contributed by atoms with E-state index in [1.807, 2.05) is 37.3 Å². The number of nitrogens with zero attached hydrogens (tertiary/aromatic N) is 1. The third-order valence-electron chi connectivity index (χ3n) is 4.10. The zero-order valence-corrected chi connectivity index (χ0v) is 16.6. The largest absolute Gasteiger partial charge is 0.354 e. The van der Waals surface area contributed by atoms with E-state index in [4.69, 9.17) is 11.6 Å². The van der Waals surface area contributed by atoms with Gasteiger partial charge < -0.3 is 5.32 Å². The molecule has 26 heavy (non-hydrogen) atoms. The first kappa shape index (κ1) is 20.3. The summed E-state index contributed by atoms with van der Waals surface area (Å²) in [5.74, 6) is -0.247. The number of hydrogen-bond acceptors (Lipinski definition) is 3. The minimum absolute atomic E-state index is 0.116. The Morgan fingerprint density at radius 1 is 1.12 bits per heavy atom. The second-order valence-electron chi connectivity index (χ2n) is 6.27. The number of carbonyl (C=O) groups is 1. The molecule has 7 heteroatoms. The van der Waals surface area contributed by atoms with Gasteiger partial charge in [0.05, 0.1) is 11.9 Å². The van der Waals surface area contributed by atoms with Gasteiger partial charge in [0, 0.05) is 11.6 Å². The molecular weight excluding hydrogens is 372 g/mol. The first-order chi connectivity index (χ1) is 12.2. The molecule has 0 aromatic heterocycles. The molecule has 2 aromatic rings. The van der Waals surface area contributed by atoms with Gasteiger partial charge in [-0.05, 0) is 36.6 Å². The van der Waals surface area contributed by atoms with Crippen molar-refractivity contribution in [3.8, 4) is 0 Å². The van der Waals surface area contributed by atoms with Gasteiger partial charge in [0.25, 0.3) is 0 Å². The van der Waals surface area contributed by atoms with E-state index in [1.165, 1.54) is 6.07 Å². The Morgan fingerprint density at radius 3 is 2.35 bits per heavy atom. The molecule has 0 fully saturated rings. The summed E-state index contributed by atoms with van der Waals surface area (Å²) in [6, 6.07) is 15.4. The van der Waals surface area contributed by atoms with Crippen LogP contribution in [-0.2, 0) is 14.8 Å². The molecule has 1 amide bonds. The molecule has 2 rings (SSSR count). The highest BCUT2D eigenvalue weighted by molar-refractivity contribution is 7.92. The molecule has 0 saturated heterocycles. The monoisotopic (exact) mass is 394 g/mol. The Morgan fingerprint density at radius 2 is 1.77 bits per heavy atom. The number of benzene rings is 2. The lowest BCUT2D eigenvalue weighted by molar-refractivity contribution is -0.121. The number of nitrogens with one attached hydrogen (secondary N) is 1. The van der Waals surface area contributed by atoms with Gasteiger partial charge in [-0.3, -0.25) is 9.10 Å². The van der Waals surface area contributed by atoms with Crippen molar-refractivity contribution in [2.75, 3.05) is 17.1 Å². The summed E-state index contributed by atoms with van der Waals surface area (Å²) in [4.78, 5) is 12.6. The van der Waals surface area contributed by atoms with Crippen molar-refractivity contribution in [3.63, 3.8) is 0 Å². The number of amides is 1. The minimum Gasteiger partial charge on any atom is -0.354 e. The molecule has 0 heterocycles. The molecule has 2 unspecified atom stereocenters. The van der Waals surface area contributed by atoms with Crippen molar-refractivity contribution >= 4 is 33.2 Å². The third-order valence-corrected chi connectivity index (χ3v) is 5.58. The molecule has 0 aliphatic heterocycles. The van der Waals surface area contributed by atoms with E-state index in [2.05, 4.69) is 5.32 Å². The van der Waals surface area contributed by atoms with Gasteiger partial charge in [-0.2, -0.15) is 0 Å². The summed E-state index contributed by atoms with van der Waals surface area (Å²) < 4.78 is 25.6. The highest BCUT2D eigenvalue weighted by atomic mass is 35.5. The van der Waals surface area contributed by atoms with E-state index >= 15 is 0 Å². The summed E-state index contributed by atoms with van der Waals surface area (Å²) in [5, 5.41) is 3.24. The topological polar surface area (TPSA) is 66.5 Å². The highest BCUT2D eigenvalue weighted by Crippen LogP contribution is 2.24. The van der Waals surface area contributed by atoms with E-state index in [0.29, 0.717) is 17.3 Å². The molecule has 5 nitrogen and oxygen atoms in total. The number of anilines is 1. The lowest BCUT2D eigenvalue weighted by atomic mass is 10.0. The fraction of sp³-hybridized carbons (Fsp3) is 0.316. The molecule has 0 aliphatic carbocycles. The van der Waals surface area contributed by atoms with Crippen LogP contribution in [0.5, 0.6) is 0 Å². The highest BCUT2D eigenvalue weighted by Gasteiger charge is 2.29. The predicted octanol–water partition coefficient (Wildman–Crippen LogP) is 3.41. The minimum atomic E-state index is -3.66. The molecule has 1 N–H and O–H groups in total. The van der Waals surface area contributed by atoms with Crippen molar-refractivity contribution in [2.24, 2.45) is 0 Å². The second kappa shape index (κ2) is 8.56. The van der Waals surface area contributed by atoms with E-state index in [-0.39, 0.29) is 11.8 Å². The SMILES string of the molecule is CC(CNC(=O)C(C)N(c1cccc(Cl)c1)S(C)(=O)=O)c1ccccc1. The summed E-state index contributed by atoms with van der Waals surface area (Å²) in [5.41, 5.74) is 1.47. The summed E-state index contributed by atoms with van der Waals surface area (Å²) in [6.45, 7) is 3.98. The first-order valence-electron chi connectivity index (χ1n) is 8.27. The molecule has 0 bridgehead atoms. The standard InChI is InChI=1S/C19H23ClN2O3S/c1-14(16-8-5-4-6-9-16)13-21-19(23)15(2)22(26(3,24)25)18-11-7-10-17(20)12-18/h4-12,14-15H,13H2,1-3H3,(H,21,23). The van der Waals surface area contributed by atoms with Crippen molar-refractivity contribution in [3.05, 3.63) is 65.2 Å². The van der Waals surface area contributed by atoms with Gasteiger partial charge in [0.15, 0.2) is 0 Å². The van der Waals surface area contributed by atoms with Crippen LogP contribution in [0.2, 0.25) is 5.02 Å². The van der Waals surface area contributed by atoms with Gasteiger partial charge in [-0.25, -0.2) is 8.42 Å². The van der Waals surface area contributed by atoms with Crippen LogP contribution in [0.4, 0.5) is 5.69 Å². The Balaban J connectivity index is 2.13. The first-order valence-corrected chi connectivity index (χ1v) is 10.5. The fourth-order valence-corrected chi connectivity index (χ4v) is 4.07. The summed E-state index contributed by atoms with van der Waals surface area (Å²) in [6.07, 6.45) is 1.07. The molecular formula is C19H23ClN2O3S. The van der Waals surface area contributed by atoms with Gasteiger partial charge in [-0.1, -0.05) is 54.9 Å². The molecule has 2 atom stereocenters. The average molecular weight is 395 g/mol. The number of hydrogen-bond donors (Lipinski definition) is 1. The Kier molecular flexibility index (Phi) is 6.67. The van der Waals surface area contributed by atoms with Gasteiger partial charge in [-0.15, -0.1) is 0 Å². The number of halogens is 1. The van der Waals surface area contributed by atoms with E-state index in [0.717, 1.165) is 16.1 Å². The van der Waals surface area contributed by atoms with Gasteiger partial charge in [0.1, 0.15) is 6.04 Å². The van der Waals surface area contributed by atoms with Gasteiger partial charge in [0.2, 0.25) is 15.9 Å². The van der Waals surface area contributed by atoms with E-state index < -0.39 is 16.1 Å². The van der Waals surface area contributed by atoms with Crippen molar-refractivity contribution in [1.82, 2.24) is 5.32 Å². The maximum absolute atomic E-state index is 12.6. The predicted molar refractivity (Wildman–Crippen MR) is 106 cm³/mol. The maximum Gasteiger partial charge on any atom is 0.243 e. The van der Waals surface area contributed by atoms with Crippen LogP contribution in [0.25, 0.3) is 0 Å². The van der Waals surface area contributed by atoms with Crippen LogP contribution in [0.3, 0.4) is 0 Å². The van der Waals surface area contributed by atoms with Crippen LogP contribution in [0.15, 0.2) is 54.6 Å². The normalized spacial score (nSPS) is 13.7. The van der Waals surface area contributed by atoms with E-state index in [9.17, 15) is 13.2 Å². The lowest BCUT2D eigenvalue weighted by Crippen LogP contribution is -2.48. The van der Waals surface area contributed by atoms with Crippen molar-refractivity contribution in [1.29, 1.82) is 0 Å². The Labute approximate surface area is 160 Å². The van der Waals surface area contributed by atoms with Crippen LogP contribution >= 0.6 is 11.6 Å². The molecule has 2 aromatic carbocycles. The average Bonchev–Trinajstić information content (AvgIpc) is 2.59. The van der Waals surface area contributed by atoms with Crippen LogP contribution in [-0.4, -0.2) is 33.2 Å². The fourth-order valence-electron chi connectivity index (χ4n) is 2.72. The number of carbonyl (C=O) groups excluding carboxylic acids is 1. The van der Waals surface area contributed by atoms with Crippen LogP contribution < -0.4 is 9.62 Å². The number of rotatable bonds is 7. The van der Waals surface area contributed by atoms with Crippen molar-refractivity contribution in [2.45, 2.75) is 25.8 Å². The molecule has 0 saturated carbocycles. The van der Waals surface area contributed by atoms with E-state index in [1.54, 1.807) is 25.1 Å². The van der Waals surface area contributed by atoms with Crippen LogP contribution in [0, 0.1) is 0 Å². The quantitative estimate of drug-likeness (QED) is 0.782. The van der Waals surface area contributed by atoms with Crippen LogP contribution in [0.1, 0.15) is 25.3 Å². The Hall–Kier alpha value is -2.05. The zero-order valence-electron chi connectivity index (χ0n) is 15.0. The third kappa shape index (κ3) is 5.22. The second-order valence-corrected chi connectivity index (χ2v) is 8.57.